The first-order valence-electron chi connectivity index (χ1n) is 14.9. The molecule has 2 aromatic rings. The van der Waals surface area contributed by atoms with E-state index in [0.29, 0.717) is 19.6 Å². The molecule has 7 atom stereocenters. The summed E-state index contributed by atoms with van der Waals surface area (Å²) in [4.78, 5) is 48.7. The van der Waals surface area contributed by atoms with Crippen molar-refractivity contribution in [3.63, 3.8) is 0 Å². The molecule has 1 spiro atoms. The van der Waals surface area contributed by atoms with Crippen LogP contribution in [-0.4, -0.2) is 80.9 Å². The summed E-state index contributed by atoms with van der Waals surface area (Å²) in [7, 11) is 0. The van der Waals surface area contributed by atoms with Gasteiger partial charge in [-0.3, -0.25) is 14.4 Å². The number of anilines is 1. The summed E-state index contributed by atoms with van der Waals surface area (Å²) in [6, 6.07) is 12.7. The third kappa shape index (κ3) is 4.33. The van der Waals surface area contributed by atoms with E-state index >= 15 is 0 Å². The number of likely N-dealkylation sites (tertiary alicyclic amines) is 1. The molecule has 41 heavy (non-hydrogen) atoms. The van der Waals surface area contributed by atoms with Crippen LogP contribution in [0.15, 0.2) is 66.8 Å². The van der Waals surface area contributed by atoms with Gasteiger partial charge in [0, 0.05) is 30.6 Å². The van der Waals surface area contributed by atoms with Crippen LogP contribution < -0.4 is 4.90 Å². The molecule has 0 bridgehead atoms. The van der Waals surface area contributed by atoms with Crippen LogP contribution in [0.2, 0.25) is 0 Å². The summed E-state index contributed by atoms with van der Waals surface area (Å²) >= 11 is 1.59. The zero-order valence-corrected chi connectivity index (χ0v) is 24.8. The predicted octanol–water partition coefficient (Wildman–Crippen LogP) is 4.26. The molecule has 6 rings (SSSR count). The van der Waals surface area contributed by atoms with Crippen molar-refractivity contribution in [1.29, 1.82) is 0 Å². The number of aliphatic hydroxyl groups is 1. The molecule has 8 heteroatoms. The summed E-state index contributed by atoms with van der Waals surface area (Å²) in [6.07, 6.45) is 9.76. The van der Waals surface area contributed by atoms with Gasteiger partial charge in [-0.15, -0.1) is 11.8 Å². The van der Waals surface area contributed by atoms with Gasteiger partial charge in [0.05, 0.1) is 29.2 Å². The lowest BCUT2D eigenvalue weighted by molar-refractivity contribution is -0.145. The Balaban J connectivity index is 1.48. The predicted molar refractivity (Wildman–Crippen MR) is 164 cm³/mol. The van der Waals surface area contributed by atoms with Crippen molar-refractivity contribution in [2.45, 2.75) is 55.7 Å². The molecular formula is C33H39N3O4S. The van der Waals surface area contributed by atoms with E-state index in [4.69, 9.17) is 0 Å². The van der Waals surface area contributed by atoms with Gasteiger partial charge in [-0.05, 0) is 35.2 Å². The lowest BCUT2D eigenvalue weighted by Gasteiger charge is -2.40. The Morgan fingerprint density at radius 1 is 1.00 bits per heavy atom. The fraction of sp³-hybridized carbons (Fsp3) is 0.485. The minimum absolute atomic E-state index is 0.00857. The van der Waals surface area contributed by atoms with Gasteiger partial charge in [-0.2, -0.15) is 0 Å². The standard InChI is InChI=1S/C33H39N3O4S/c1-4-16-34-17-8-12-26-27(30(34)38)28-31(39)36(25(20-37)21(3)5-2)29-32(40)35(18-9-15-33(28,29)41-26)24-14-13-22-10-6-7-11-23(22)19-24/h6-15,19,21,25-29,37H,4-5,16-18,20H2,1-3H3/t21-,25-,26-,27+,28-,29?,33-/m0/s1. The molecule has 3 amide bonds. The van der Waals surface area contributed by atoms with E-state index < -0.39 is 28.7 Å². The second-order valence-electron chi connectivity index (χ2n) is 11.8. The van der Waals surface area contributed by atoms with Crippen LogP contribution in [0.4, 0.5) is 5.69 Å². The largest absolute Gasteiger partial charge is 0.394 e. The Hall–Kier alpha value is -3.10. The quantitative estimate of drug-likeness (QED) is 0.501. The summed E-state index contributed by atoms with van der Waals surface area (Å²) in [6.45, 7) is 7.42. The number of rotatable bonds is 7. The van der Waals surface area contributed by atoms with Gasteiger partial charge in [0.25, 0.3) is 5.91 Å². The maximum Gasteiger partial charge on any atom is 0.251 e. The fourth-order valence-corrected chi connectivity index (χ4v) is 9.34. The third-order valence-electron chi connectivity index (χ3n) is 9.56. The molecule has 4 heterocycles. The maximum atomic E-state index is 14.8. The number of nitrogens with zero attached hydrogens (tertiary/aromatic N) is 3. The highest BCUT2D eigenvalue weighted by Crippen LogP contribution is 2.61. The van der Waals surface area contributed by atoms with E-state index in [9.17, 15) is 19.5 Å². The zero-order chi connectivity index (χ0) is 28.9. The molecule has 0 aromatic heterocycles. The molecular weight excluding hydrogens is 534 g/mol. The smallest absolute Gasteiger partial charge is 0.251 e. The Labute approximate surface area is 246 Å². The highest BCUT2D eigenvalue weighted by atomic mass is 32.2. The van der Waals surface area contributed by atoms with Gasteiger partial charge in [-0.25, -0.2) is 0 Å². The molecule has 0 radical (unpaired) electrons. The molecule has 2 fully saturated rings. The second-order valence-corrected chi connectivity index (χ2v) is 13.3. The summed E-state index contributed by atoms with van der Waals surface area (Å²) in [5, 5.41) is 12.6. The zero-order valence-electron chi connectivity index (χ0n) is 24.0. The van der Waals surface area contributed by atoms with Crippen molar-refractivity contribution in [2.75, 3.05) is 31.1 Å². The van der Waals surface area contributed by atoms with Gasteiger partial charge in [0.2, 0.25) is 11.8 Å². The highest BCUT2D eigenvalue weighted by Gasteiger charge is 2.72. The minimum Gasteiger partial charge on any atom is -0.394 e. The first-order valence-corrected chi connectivity index (χ1v) is 15.8. The van der Waals surface area contributed by atoms with Gasteiger partial charge in [0.15, 0.2) is 0 Å². The lowest BCUT2D eigenvalue weighted by Crippen LogP contribution is -2.58. The number of hydrogen-bond acceptors (Lipinski definition) is 5. The fourth-order valence-electron chi connectivity index (χ4n) is 7.35. The van der Waals surface area contributed by atoms with E-state index in [2.05, 4.69) is 19.1 Å². The van der Waals surface area contributed by atoms with Crippen molar-refractivity contribution in [2.24, 2.45) is 17.8 Å². The summed E-state index contributed by atoms with van der Waals surface area (Å²) in [5.74, 6) is -1.60. The molecule has 2 aromatic carbocycles. The van der Waals surface area contributed by atoms with Crippen molar-refractivity contribution in [3.8, 4) is 0 Å². The first kappa shape index (κ1) is 28.0. The van der Waals surface area contributed by atoms with Gasteiger partial charge < -0.3 is 19.8 Å². The Bertz CT molecular complexity index is 1420. The molecule has 1 unspecified atom stereocenters. The van der Waals surface area contributed by atoms with Crippen LogP contribution >= 0.6 is 11.8 Å². The van der Waals surface area contributed by atoms with E-state index in [1.807, 2.05) is 73.4 Å². The molecule has 1 N–H and O–H groups in total. The SMILES string of the molecule is CCCN1CC=C[C@@H]2S[C@]34C=CCN(c5ccc6ccccc6c5)C(=O)C3N([C@@H](CO)[C@@H](C)CC)C(=O)[C@@H]4[C@@H]2C1=O. The summed E-state index contributed by atoms with van der Waals surface area (Å²) in [5.41, 5.74) is 0.776. The average Bonchev–Trinajstić information content (AvgIpc) is 3.30. The molecule has 7 nitrogen and oxygen atoms in total. The lowest BCUT2D eigenvalue weighted by atomic mass is 9.78. The highest BCUT2D eigenvalue weighted by molar-refractivity contribution is 8.02. The first-order chi connectivity index (χ1) is 19.9. The van der Waals surface area contributed by atoms with Crippen LogP contribution in [0.25, 0.3) is 10.8 Å². The average molecular weight is 574 g/mol. The minimum atomic E-state index is -0.898. The van der Waals surface area contributed by atoms with Gasteiger partial charge in [0.1, 0.15) is 6.04 Å². The molecule has 4 aliphatic heterocycles. The van der Waals surface area contributed by atoms with Crippen LogP contribution in [-0.2, 0) is 14.4 Å². The molecule has 2 saturated heterocycles. The van der Waals surface area contributed by atoms with Crippen LogP contribution in [0, 0.1) is 17.8 Å². The Morgan fingerprint density at radius 3 is 2.51 bits per heavy atom. The monoisotopic (exact) mass is 573 g/mol. The van der Waals surface area contributed by atoms with E-state index in [-0.39, 0.29) is 35.5 Å². The van der Waals surface area contributed by atoms with Crippen molar-refractivity contribution in [3.05, 3.63) is 66.8 Å². The number of amides is 3. The maximum absolute atomic E-state index is 14.8. The number of benzene rings is 2. The summed E-state index contributed by atoms with van der Waals surface area (Å²) < 4.78 is -0.898. The van der Waals surface area contributed by atoms with Crippen LogP contribution in [0.3, 0.4) is 0 Å². The van der Waals surface area contributed by atoms with Crippen molar-refractivity contribution >= 4 is 45.9 Å². The third-order valence-corrected chi connectivity index (χ3v) is 11.3. The van der Waals surface area contributed by atoms with E-state index in [0.717, 1.165) is 29.3 Å². The number of aliphatic hydroxyl groups excluding tert-OH is 1. The Morgan fingerprint density at radius 2 is 1.78 bits per heavy atom. The van der Waals surface area contributed by atoms with Crippen molar-refractivity contribution < 1.29 is 19.5 Å². The second kappa shape index (κ2) is 11.0. The van der Waals surface area contributed by atoms with Crippen molar-refractivity contribution in [1.82, 2.24) is 9.80 Å². The number of carbonyl (C=O) groups excluding carboxylic acids is 3. The molecule has 216 valence electrons. The number of thioether (sulfide) groups is 1. The normalized spacial score (nSPS) is 30.7. The number of fused-ring (bicyclic) bond motifs is 3. The molecule has 0 aliphatic carbocycles. The number of hydrogen-bond donors (Lipinski definition) is 1. The van der Waals surface area contributed by atoms with Crippen LogP contribution in [0.1, 0.15) is 33.6 Å². The molecule has 0 saturated carbocycles. The number of carbonyl (C=O) groups is 3. The van der Waals surface area contributed by atoms with E-state index in [1.54, 1.807) is 21.6 Å². The molecule has 4 aliphatic rings. The van der Waals surface area contributed by atoms with Gasteiger partial charge >= 0.3 is 0 Å². The van der Waals surface area contributed by atoms with E-state index in [1.165, 1.54) is 0 Å². The van der Waals surface area contributed by atoms with Crippen LogP contribution in [0.5, 0.6) is 0 Å². The Kier molecular flexibility index (Phi) is 7.49. The van der Waals surface area contributed by atoms with Gasteiger partial charge in [-0.1, -0.05) is 81.8 Å². The topological polar surface area (TPSA) is 81.2 Å².